The van der Waals surface area contributed by atoms with Crippen LogP contribution in [0.1, 0.15) is 10.4 Å². The molecule has 0 spiro atoms. The van der Waals surface area contributed by atoms with Crippen molar-refractivity contribution in [1.29, 1.82) is 0 Å². The zero-order valence-corrected chi connectivity index (χ0v) is 18.7. The van der Waals surface area contributed by atoms with Crippen molar-refractivity contribution in [1.82, 2.24) is 5.32 Å². The summed E-state index contributed by atoms with van der Waals surface area (Å²) in [4.78, 5) is 28.3. The molecule has 2 heterocycles. The number of carbonyl (C=O) groups excluding carboxylic acids is 2. The molecule has 2 atom stereocenters. The van der Waals surface area contributed by atoms with Gasteiger partial charge >= 0.3 is 0 Å². The third kappa shape index (κ3) is 4.53. The van der Waals surface area contributed by atoms with Crippen molar-refractivity contribution in [2.24, 2.45) is 0 Å². The summed E-state index contributed by atoms with van der Waals surface area (Å²) in [6.07, 6.45) is 4.17. The molecule has 32 heavy (non-hydrogen) atoms. The lowest BCUT2D eigenvalue weighted by Crippen LogP contribution is -2.70. The smallest absolute Gasteiger partial charge is 0.252 e. The predicted molar refractivity (Wildman–Crippen MR) is 126 cm³/mol. The van der Waals surface area contributed by atoms with E-state index < -0.39 is 6.04 Å². The largest absolute Gasteiger partial charge is 0.493 e. The van der Waals surface area contributed by atoms with Crippen LogP contribution in [0.25, 0.3) is 6.08 Å². The highest BCUT2D eigenvalue weighted by molar-refractivity contribution is 7.10. The Hall–Kier alpha value is -3.58. The Bertz CT molecular complexity index is 1110. The Morgan fingerprint density at radius 3 is 2.53 bits per heavy atom. The first-order valence-electron chi connectivity index (χ1n) is 10.2. The Kier molecular flexibility index (Phi) is 6.56. The Labute approximate surface area is 191 Å². The van der Waals surface area contributed by atoms with E-state index in [1.165, 1.54) is 11.3 Å². The number of anilines is 1. The highest BCUT2D eigenvalue weighted by Crippen LogP contribution is 2.36. The number of β-lactam (4-membered cyclic amide) rings is 1. The average Bonchev–Trinajstić information content (AvgIpc) is 3.33. The second kappa shape index (κ2) is 9.70. The number of carbonyl (C=O) groups is 2. The van der Waals surface area contributed by atoms with Crippen molar-refractivity contribution in [2.45, 2.75) is 18.5 Å². The SMILES string of the molecule is COc1ccc(N2C(=O)C(NC(=O)Cc3cccs3)C2C=Cc2ccccc2)cc1OC. The van der Waals surface area contributed by atoms with Crippen LogP contribution in [0.15, 0.2) is 72.1 Å². The lowest BCUT2D eigenvalue weighted by Gasteiger charge is -2.46. The van der Waals surface area contributed by atoms with Gasteiger partial charge in [-0.2, -0.15) is 0 Å². The molecule has 4 rings (SSSR count). The summed E-state index contributed by atoms with van der Waals surface area (Å²) in [5.41, 5.74) is 1.70. The van der Waals surface area contributed by atoms with Crippen LogP contribution in [0, 0.1) is 0 Å². The van der Waals surface area contributed by atoms with Crippen LogP contribution in [0.2, 0.25) is 0 Å². The molecule has 164 valence electrons. The van der Waals surface area contributed by atoms with E-state index in [1.54, 1.807) is 31.3 Å². The molecule has 7 heteroatoms. The molecule has 0 saturated carbocycles. The van der Waals surface area contributed by atoms with E-state index in [0.29, 0.717) is 17.2 Å². The molecule has 2 amide bonds. The van der Waals surface area contributed by atoms with Crippen LogP contribution < -0.4 is 19.7 Å². The van der Waals surface area contributed by atoms with Gasteiger partial charge in [-0.05, 0) is 29.1 Å². The summed E-state index contributed by atoms with van der Waals surface area (Å²) < 4.78 is 10.7. The van der Waals surface area contributed by atoms with Gasteiger partial charge in [0, 0.05) is 16.6 Å². The number of nitrogens with zero attached hydrogens (tertiary/aromatic N) is 1. The first kappa shape index (κ1) is 21.6. The second-order valence-electron chi connectivity index (χ2n) is 7.31. The Morgan fingerprint density at radius 2 is 1.84 bits per heavy atom. The fourth-order valence-electron chi connectivity index (χ4n) is 3.70. The summed E-state index contributed by atoms with van der Waals surface area (Å²) in [6, 6.07) is 18.1. The van der Waals surface area contributed by atoms with Crippen molar-refractivity contribution in [2.75, 3.05) is 19.1 Å². The van der Waals surface area contributed by atoms with Crippen LogP contribution in [0.5, 0.6) is 11.5 Å². The van der Waals surface area contributed by atoms with Crippen molar-refractivity contribution < 1.29 is 19.1 Å². The Balaban J connectivity index is 1.58. The molecule has 1 saturated heterocycles. The molecular weight excluding hydrogens is 424 g/mol. The zero-order valence-electron chi connectivity index (χ0n) is 17.9. The van der Waals surface area contributed by atoms with Crippen LogP contribution in [0.3, 0.4) is 0 Å². The highest BCUT2D eigenvalue weighted by Gasteiger charge is 2.47. The van der Waals surface area contributed by atoms with Gasteiger partial charge in [-0.1, -0.05) is 48.6 Å². The van der Waals surface area contributed by atoms with Crippen molar-refractivity contribution in [3.05, 3.63) is 82.6 Å². The molecule has 2 unspecified atom stereocenters. The minimum Gasteiger partial charge on any atom is -0.493 e. The van der Waals surface area contributed by atoms with Gasteiger partial charge in [0.15, 0.2) is 11.5 Å². The van der Waals surface area contributed by atoms with Crippen LogP contribution in [0.4, 0.5) is 5.69 Å². The molecule has 2 aromatic carbocycles. The van der Waals surface area contributed by atoms with E-state index in [2.05, 4.69) is 5.32 Å². The maximum absolute atomic E-state index is 13.1. The number of ether oxygens (including phenoxy) is 2. The molecule has 1 aliphatic rings. The number of nitrogens with one attached hydrogen (secondary N) is 1. The molecule has 0 bridgehead atoms. The third-order valence-corrected chi connectivity index (χ3v) is 6.18. The summed E-state index contributed by atoms with van der Waals surface area (Å²) in [6.45, 7) is 0. The number of amides is 2. The van der Waals surface area contributed by atoms with Gasteiger partial charge in [0.25, 0.3) is 5.91 Å². The number of thiophene rings is 1. The number of hydrogen-bond acceptors (Lipinski definition) is 5. The fraction of sp³-hybridized carbons (Fsp3) is 0.200. The monoisotopic (exact) mass is 448 g/mol. The van der Waals surface area contributed by atoms with E-state index in [9.17, 15) is 9.59 Å². The molecule has 1 aliphatic heterocycles. The quantitative estimate of drug-likeness (QED) is 0.531. The van der Waals surface area contributed by atoms with Gasteiger partial charge in [-0.15, -0.1) is 11.3 Å². The minimum atomic E-state index is -0.629. The molecule has 1 fully saturated rings. The molecule has 1 N–H and O–H groups in total. The van der Waals surface area contributed by atoms with Gasteiger partial charge < -0.3 is 19.7 Å². The molecule has 3 aromatic rings. The lowest BCUT2D eigenvalue weighted by molar-refractivity contribution is -0.131. The number of methoxy groups -OCH3 is 2. The molecular formula is C25H24N2O4S. The van der Waals surface area contributed by atoms with E-state index in [-0.39, 0.29) is 24.3 Å². The summed E-state index contributed by atoms with van der Waals surface area (Å²) >= 11 is 1.52. The number of hydrogen-bond donors (Lipinski definition) is 1. The van der Waals surface area contributed by atoms with Crippen molar-refractivity contribution in [3.63, 3.8) is 0 Å². The second-order valence-corrected chi connectivity index (χ2v) is 8.34. The molecule has 6 nitrogen and oxygen atoms in total. The average molecular weight is 449 g/mol. The van der Waals surface area contributed by atoms with Crippen LogP contribution >= 0.6 is 11.3 Å². The maximum Gasteiger partial charge on any atom is 0.252 e. The minimum absolute atomic E-state index is 0.167. The normalized spacial score (nSPS) is 17.8. The van der Waals surface area contributed by atoms with E-state index in [1.807, 2.05) is 66.1 Å². The molecule has 0 aliphatic carbocycles. The first-order valence-corrected chi connectivity index (χ1v) is 11.1. The van der Waals surface area contributed by atoms with Gasteiger partial charge in [-0.3, -0.25) is 9.59 Å². The highest BCUT2D eigenvalue weighted by atomic mass is 32.1. The van der Waals surface area contributed by atoms with Crippen molar-refractivity contribution in [3.8, 4) is 11.5 Å². The standard InChI is InChI=1S/C25H24N2O4S/c1-30-21-13-11-18(15-22(21)31-2)27-20(12-10-17-7-4-3-5-8-17)24(25(27)29)26-23(28)16-19-9-6-14-32-19/h3-15,20,24H,16H2,1-2H3,(H,26,28). The van der Waals surface area contributed by atoms with Gasteiger partial charge in [0.2, 0.25) is 5.91 Å². The number of rotatable bonds is 8. The Morgan fingerprint density at radius 1 is 1.06 bits per heavy atom. The fourth-order valence-corrected chi connectivity index (χ4v) is 4.40. The topological polar surface area (TPSA) is 67.9 Å². The molecule has 0 radical (unpaired) electrons. The first-order chi connectivity index (χ1) is 15.6. The summed E-state index contributed by atoms with van der Waals surface area (Å²) in [7, 11) is 3.12. The summed E-state index contributed by atoms with van der Waals surface area (Å²) in [5.74, 6) is 0.783. The van der Waals surface area contributed by atoms with Gasteiger partial charge in [0.05, 0.1) is 26.7 Å². The predicted octanol–water partition coefficient (Wildman–Crippen LogP) is 3.92. The van der Waals surface area contributed by atoms with Crippen molar-refractivity contribution >= 4 is 34.9 Å². The van der Waals surface area contributed by atoms with Crippen LogP contribution in [-0.2, 0) is 16.0 Å². The zero-order chi connectivity index (χ0) is 22.5. The van der Waals surface area contributed by atoms with E-state index >= 15 is 0 Å². The van der Waals surface area contributed by atoms with Crippen LogP contribution in [-0.4, -0.2) is 38.1 Å². The van der Waals surface area contributed by atoms with E-state index in [0.717, 1.165) is 10.4 Å². The number of benzene rings is 2. The van der Waals surface area contributed by atoms with E-state index in [4.69, 9.17) is 9.47 Å². The lowest BCUT2D eigenvalue weighted by atomic mass is 9.92. The third-order valence-electron chi connectivity index (χ3n) is 5.31. The van der Waals surface area contributed by atoms with Gasteiger partial charge in [-0.25, -0.2) is 0 Å². The maximum atomic E-state index is 13.1. The molecule has 1 aromatic heterocycles. The summed E-state index contributed by atoms with van der Waals surface area (Å²) in [5, 5.41) is 4.84. The van der Waals surface area contributed by atoms with Gasteiger partial charge in [0.1, 0.15) is 6.04 Å².